The van der Waals surface area contributed by atoms with E-state index in [1.165, 1.54) is 0 Å². The van der Waals surface area contributed by atoms with Gasteiger partial charge in [-0.05, 0) is 12.1 Å². The molecular formula is C9H12N2O2. The van der Waals surface area contributed by atoms with E-state index < -0.39 is 0 Å². The average Bonchev–Trinajstić information content (AvgIpc) is 2.67. The van der Waals surface area contributed by atoms with Crippen molar-refractivity contribution in [1.82, 2.24) is 5.48 Å². The second-order valence-electron chi connectivity index (χ2n) is 2.93. The topological polar surface area (TPSA) is 44.7 Å². The van der Waals surface area contributed by atoms with E-state index in [9.17, 15) is 0 Å². The van der Waals surface area contributed by atoms with Gasteiger partial charge in [0.25, 0.3) is 0 Å². The lowest BCUT2D eigenvalue weighted by atomic mass is 10.3. The van der Waals surface area contributed by atoms with Gasteiger partial charge in [0.15, 0.2) is 0 Å². The first kappa shape index (κ1) is 8.50. The predicted molar refractivity (Wildman–Crippen MR) is 48.2 cm³/mol. The largest absolute Gasteiger partial charge is 0.315 e. The second kappa shape index (κ2) is 3.74. The first-order chi connectivity index (χ1) is 6.42. The number of nitrogens with zero attached hydrogens (tertiary/aromatic N) is 1. The van der Waals surface area contributed by atoms with Crippen molar-refractivity contribution in [3.8, 4) is 0 Å². The Balaban J connectivity index is 2.16. The molecule has 0 amide bonds. The quantitative estimate of drug-likeness (QED) is 0.670. The molecule has 1 unspecified atom stereocenters. The number of hydrogen-bond acceptors (Lipinski definition) is 4. The van der Waals surface area contributed by atoms with E-state index in [4.69, 9.17) is 10.0 Å². The molecule has 4 heteroatoms. The molecule has 1 atom stereocenters. The van der Waals surface area contributed by atoms with Gasteiger partial charge >= 0.3 is 0 Å². The minimum Gasteiger partial charge on any atom is -0.315 e. The minimum absolute atomic E-state index is 0.137. The fraction of sp³-hybridized carbons (Fsp3) is 0.333. The molecule has 13 heavy (non-hydrogen) atoms. The standard InChI is InChI=1S/C9H12N2O2/c12-10-9-6-7-13-11(9)8-4-2-1-3-5-8/h1-5,9-10,12H,6-7H2. The SMILES string of the molecule is ONC1CCON1c1ccccc1. The highest BCUT2D eigenvalue weighted by Gasteiger charge is 2.25. The molecule has 70 valence electrons. The Morgan fingerprint density at radius 2 is 2.15 bits per heavy atom. The highest BCUT2D eigenvalue weighted by Crippen LogP contribution is 2.21. The summed E-state index contributed by atoms with van der Waals surface area (Å²) < 4.78 is 0. The third kappa shape index (κ3) is 1.65. The van der Waals surface area contributed by atoms with E-state index in [1.807, 2.05) is 30.3 Å². The fourth-order valence-corrected chi connectivity index (χ4v) is 1.42. The van der Waals surface area contributed by atoms with Gasteiger partial charge in [-0.3, -0.25) is 4.84 Å². The van der Waals surface area contributed by atoms with Gasteiger partial charge in [-0.25, -0.2) is 5.06 Å². The van der Waals surface area contributed by atoms with Crippen LogP contribution in [0.3, 0.4) is 0 Å². The van der Waals surface area contributed by atoms with Gasteiger partial charge in [0.2, 0.25) is 0 Å². The third-order valence-corrected chi connectivity index (χ3v) is 2.06. The van der Waals surface area contributed by atoms with Crippen LogP contribution < -0.4 is 10.5 Å². The molecule has 2 N–H and O–H groups in total. The molecule has 0 aliphatic carbocycles. The maximum atomic E-state index is 8.83. The Morgan fingerprint density at radius 1 is 1.38 bits per heavy atom. The summed E-state index contributed by atoms with van der Waals surface area (Å²) in [5.74, 6) is 0. The van der Waals surface area contributed by atoms with Gasteiger partial charge < -0.3 is 5.21 Å². The molecule has 0 radical (unpaired) electrons. The molecule has 1 heterocycles. The van der Waals surface area contributed by atoms with Gasteiger partial charge in [-0.15, -0.1) is 0 Å². The van der Waals surface area contributed by atoms with Crippen molar-refractivity contribution in [1.29, 1.82) is 0 Å². The Hall–Kier alpha value is -1.10. The van der Waals surface area contributed by atoms with E-state index in [0.717, 1.165) is 12.1 Å². The lowest BCUT2D eigenvalue weighted by Gasteiger charge is -2.22. The lowest BCUT2D eigenvalue weighted by molar-refractivity contribution is 0.0904. The zero-order chi connectivity index (χ0) is 9.10. The molecule has 0 aromatic heterocycles. The number of hydroxylamine groups is 2. The van der Waals surface area contributed by atoms with Crippen molar-refractivity contribution >= 4 is 5.69 Å². The minimum atomic E-state index is -0.137. The summed E-state index contributed by atoms with van der Waals surface area (Å²) >= 11 is 0. The monoisotopic (exact) mass is 180 g/mol. The molecule has 2 rings (SSSR count). The number of anilines is 1. The van der Waals surface area contributed by atoms with E-state index in [2.05, 4.69) is 5.48 Å². The van der Waals surface area contributed by atoms with Gasteiger partial charge in [-0.1, -0.05) is 18.2 Å². The molecule has 1 aliphatic heterocycles. The number of rotatable bonds is 2. The molecular weight excluding hydrogens is 168 g/mol. The molecule has 0 saturated carbocycles. The van der Waals surface area contributed by atoms with Crippen molar-refractivity contribution in [2.24, 2.45) is 0 Å². The Morgan fingerprint density at radius 3 is 2.85 bits per heavy atom. The predicted octanol–water partition coefficient (Wildman–Crippen LogP) is 1.13. The van der Waals surface area contributed by atoms with E-state index >= 15 is 0 Å². The van der Waals surface area contributed by atoms with Crippen LogP contribution in [0.2, 0.25) is 0 Å². The van der Waals surface area contributed by atoms with Crippen molar-refractivity contribution in [3.05, 3.63) is 30.3 Å². The van der Waals surface area contributed by atoms with Gasteiger partial charge in [-0.2, -0.15) is 5.48 Å². The summed E-state index contributed by atoms with van der Waals surface area (Å²) in [7, 11) is 0. The van der Waals surface area contributed by atoms with E-state index in [0.29, 0.717) is 6.61 Å². The van der Waals surface area contributed by atoms with Crippen molar-refractivity contribution in [3.63, 3.8) is 0 Å². The summed E-state index contributed by atoms with van der Waals surface area (Å²) in [5.41, 5.74) is 3.16. The van der Waals surface area contributed by atoms with Gasteiger partial charge in [0.1, 0.15) is 6.17 Å². The van der Waals surface area contributed by atoms with Crippen LogP contribution in [0, 0.1) is 0 Å². The summed E-state index contributed by atoms with van der Waals surface area (Å²) in [4.78, 5) is 5.35. The molecule has 0 spiro atoms. The van der Waals surface area contributed by atoms with Crippen LogP contribution in [0.25, 0.3) is 0 Å². The molecule has 1 aliphatic rings. The Kier molecular flexibility index (Phi) is 2.44. The van der Waals surface area contributed by atoms with Crippen molar-refractivity contribution in [2.75, 3.05) is 11.7 Å². The Bertz CT molecular complexity index is 266. The van der Waals surface area contributed by atoms with Crippen LogP contribution in [0.1, 0.15) is 6.42 Å². The zero-order valence-corrected chi connectivity index (χ0v) is 7.18. The third-order valence-electron chi connectivity index (χ3n) is 2.06. The maximum Gasteiger partial charge on any atom is 0.130 e. The molecule has 1 saturated heterocycles. The van der Waals surface area contributed by atoms with Crippen LogP contribution >= 0.6 is 0 Å². The lowest BCUT2D eigenvalue weighted by Crippen LogP contribution is -2.38. The summed E-state index contributed by atoms with van der Waals surface area (Å²) in [6.45, 7) is 0.632. The van der Waals surface area contributed by atoms with Crippen LogP contribution in [-0.2, 0) is 4.84 Å². The highest BCUT2D eigenvalue weighted by molar-refractivity contribution is 5.44. The Labute approximate surface area is 76.6 Å². The van der Waals surface area contributed by atoms with Crippen LogP contribution in [0.5, 0.6) is 0 Å². The summed E-state index contributed by atoms with van der Waals surface area (Å²) in [6.07, 6.45) is 0.646. The van der Waals surface area contributed by atoms with Crippen LogP contribution in [0.4, 0.5) is 5.69 Å². The number of benzene rings is 1. The smallest absolute Gasteiger partial charge is 0.130 e. The van der Waals surface area contributed by atoms with Gasteiger partial charge in [0, 0.05) is 6.42 Å². The molecule has 4 nitrogen and oxygen atoms in total. The summed E-state index contributed by atoms with van der Waals surface area (Å²) in [5, 5.41) is 10.5. The maximum absolute atomic E-state index is 8.83. The van der Waals surface area contributed by atoms with Gasteiger partial charge in [0.05, 0.1) is 12.3 Å². The summed E-state index contributed by atoms with van der Waals surface area (Å²) in [6, 6.07) is 9.70. The average molecular weight is 180 g/mol. The number of para-hydroxylation sites is 1. The van der Waals surface area contributed by atoms with Crippen molar-refractivity contribution < 1.29 is 10.0 Å². The van der Waals surface area contributed by atoms with E-state index in [-0.39, 0.29) is 6.17 Å². The molecule has 0 bridgehead atoms. The number of hydrogen-bond donors (Lipinski definition) is 2. The fourth-order valence-electron chi connectivity index (χ4n) is 1.42. The number of nitrogens with one attached hydrogen (secondary N) is 1. The molecule has 1 fully saturated rings. The van der Waals surface area contributed by atoms with E-state index in [1.54, 1.807) is 5.06 Å². The first-order valence-electron chi connectivity index (χ1n) is 4.28. The normalized spacial score (nSPS) is 22.2. The molecule has 1 aromatic carbocycles. The zero-order valence-electron chi connectivity index (χ0n) is 7.18. The van der Waals surface area contributed by atoms with Crippen LogP contribution in [0.15, 0.2) is 30.3 Å². The van der Waals surface area contributed by atoms with Crippen LogP contribution in [-0.4, -0.2) is 18.0 Å². The highest BCUT2D eigenvalue weighted by atomic mass is 16.7. The second-order valence-corrected chi connectivity index (χ2v) is 2.93. The molecule has 1 aromatic rings. The first-order valence-corrected chi connectivity index (χ1v) is 4.28. The van der Waals surface area contributed by atoms with Crippen molar-refractivity contribution in [2.45, 2.75) is 12.6 Å².